The second-order valence-electron chi connectivity index (χ2n) is 6.22. The first-order valence-corrected chi connectivity index (χ1v) is 8.12. The van der Waals surface area contributed by atoms with E-state index in [4.69, 9.17) is 4.74 Å². The van der Waals surface area contributed by atoms with E-state index in [2.05, 4.69) is 0 Å². The summed E-state index contributed by atoms with van der Waals surface area (Å²) in [4.78, 5) is 25.5. The summed E-state index contributed by atoms with van der Waals surface area (Å²) >= 11 is 0. The van der Waals surface area contributed by atoms with Crippen LogP contribution in [-0.2, 0) is 9.59 Å². The summed E-state index contributed by atoms with van der Waals surface area (Å²) in [7, 11) is 1.63. The quantitative estimate of drug-likeness (QED) is 0.937. The topological polar surface area (TPSA) is 66.8 Å². The number of carboxylic acid groups (broad SMARTS) is 1. The van der Waals surface area contributed by atoms with Crippen molar-refractivity contribution in [3.8, 4) is 5.75 Å². The molecule has 1 fully saturated rings. The number of aliphatic carboxylic acids is 1. The van der Waals surface area contributed by atoms with E-state index in [0.717, 1.165) is 28.5 Å². The molecule has 2 unspecified atom stereocenters. The van der Waals surface area contributed by atoms with Crippen LogP contribution in [0.3, 0.4) is 0 Å². The van der Waals surface area contributed by atoms with Crippen molar-refractivity contribution in [1.82, 2.24) is 4.90 Å². The van der Waals surface area contributed by atoms with Crippen molar-refractivity contribution in [2.24, 2.45) is 0 Å². The third-order valence-corrected chi connectivity index (χ3v) is 4.76. The highest BCUT2D eigenvalue weighted by Crippen LogP contribution is 2.28. The number of amides is 1. The van der Waals surface area contributed by atoms with Gasteiger partial charge < -0.3 is 14.7 Å². The minimum Gasteiger partial charge on any atom is -0.497 e. The number of carbonyl (C=O) groups excluding carboxylic acids is 1. The lowest BCUT2D eigenvalue weighted by atomic mass is 9.96. The molecule has 24 heavy (non-hydrogen) atoms. The standard InChI is InChI=1S/C19H21NO4/c1-12(18(21)20-9-3-4-17(20)19(22)23)13-5-6-15-11-16(24-2)8-7-14(15)10-13/h5-8,10-12,17H,3-4,9H2,1-2H3,(H,22,23). The Morgan fingerprint density at radius 3 is 2.62 bits per heavy atom. The maximum absolute atomic E-state index is 12.7. The summed E-state index contributed by atoms with van der Waals surface area (Å²) in [5.74, 6) is -0.608. The average Bonchev–Trinajstić information content (AvgIpc) is 3.09. The number of methoxy groups -OCH3 is 1. The number of rotatable bonds is 4. The van der Waals surface area contributed by atoms with Crippen molar-refractivity contribution in [2.75, 3.05) is 13.7 Å². The van der Waals surface area contributed by atoms with E-state index in [1.165, 1.54) is 4.90 Å². The molecule has 0 radical (unpaired) electrons. The van der Waals surface area contributed by atoms with E-state index < -0.39 is 12.0 Å². The minimum atomic E-state index is -0.918. The van der Waals surface area contributed by atoms with Crippen LogP contribution in [-0.4, -0.2) is 41.6 Å². The molecule has 0 aromatic heterocycles. The lowest BCUT2D eigenvalue weighted by molar-refractivity contribution is -0.148. The van der Waals surface area contributed by atoms with Gasteiger partial charge in [-0.25, -0.2) is 4.79 Å². The fraction of sp³-hybridized carbons (Fsp3) is 0.368. The molecule has 0 spiro atoms. The van der Waals surface area contributed by atoms with Gasteiger partial charge in [0.1, 0.15) is 11.8 Å². The number of hydrogen-bond acceptors (Lipinski definition) is 3. The number of ether oxygens (including phenoxy) is 1. The predicted octanol–water partition coefficient (Wildman–Crippen LogP) is 3.03. The second-order valence-corrected chi connectivity index (χ2v) is 6.22. The van der Waals surface area contributed by atoms with Gasteiger partial charge >= 0.3 is 5.97 Å². The maximum atomic E-state index is 12.7. The van der Waals surface area contributed by atoms with Crippen molar-refractivity contribution in [2.45, 2.75) is 31.7 Å². The maximum Gasteiger partial charge on any atom is 0.326 e. The van der Waals surface area contributed by atoms with Crippen molar-refractivity contribution in [3.63, 3.8) is 0 Å². The zero-order valence-corrected chi connectivity index (χ0v) is 13.9. The van der Waals surface area contributed by atoms with Gasteiger partial charge in [-0.05, 0) is 48.2 Å². The van der Waals surface area contributed by atoms with E-state index in [1.807, 2.05) is 43.3 Å². The van der Waals surface area contributed by atoms with Crippen molar-refractivity contribution >= 4 is 22.6 Å². The first-order chi connectivity index (χ1) is 11.5. The van der Waals surface area contributed by atoms with Crippen LogP contribution in [0.1, 0.15) is 31.2 Å². The molecule has 0 saturated carbocycles. The first-order valence-electron chi connectivity index (χ1n) is 8.12. The van der Waals surface area contributed by atoms with Crippen LogP contribution in [0.2, 0.25) is 0 Å². The van der Waals surface area contributed by atoms with Gasteiger partial charge in [0.15, 0.2) is 0 Å². The molecular weight excluding hydrogens is 306 g/mol. The number of carbonyl (C=O) groups is 2. The molecule has 1 heterocycles. The van der Waals surface area contributed by atoms with Gasteiger partial charge in [0.05, 0.1) is 13.0 Å². The summed E-state index contributed by atoms with van der Waals surface area (Å²) in [6.45, 7) is 2.36. The number of carboxylic acids is 1. The second kappa shape index (κ2) is 6.51. The summed E-state index contributed by atoms with van der Waals surface area (Å²) < 4.78 is 5.22. The number of fused-ring (bicyclic) bond motifs is 1. The van der Waals surface area contributed by atoms with Crippen LogP contribution < -0.4 is 4.74 Å². The Balaban J connectivity index is 1.86. The first kappa shape index (κ1) is 16.3. The zero-order valence-electron chi connectivity index (χ0n) is 13.9. The fourth-order valence-electron chi connectivity index (χ4n) is 3.32. The minimum absolute atomic E-state index is 0.118. The fourth-order valence-corrected chi connectivity index (χ4v) is 3.32. The Labute approximate surface area is 140 Å². The van der Waals surface area contributed by atoms with Gasteiger partial charge in [-0.2, -0.15) is 0 Å². The third-order valence-electron chi connectivity index (χ3n) is 4.76. The Morgan fingerprint density at radius 2 is 1.92 bits per heavy atom. The molecule has 2 aromatic rings. The molecule has 2 aromatic carbocycles. The smallest absolute Gasteiger partial charge is 0.326 e. The Bertz CT molecular complexity index is 786. The van der Waals surface area contributed by atoms with E-state index in [9.17, 15) is 14.7 Å². The Morgan fingerprint density at radius 1 is 1.21 bits per heavy atom. The van der Waals surface area contributed by atoms with Crippen molar-refractivity contribution < 1.29 is 19.4 Å². The lowest BCUT2D eigenvalue weighted by Crippen LogP contribution is -2.42. The predicted molar refractivity (Wildman–Crippen MR) is 91.3 cm³/mol. The van der Waals surface area contributed by atoms with Crippen LogP contribution in [0.5, 0.6) is 5.75 Å². The van der Waals surface area contributed by atoms with E-state index >= 15 is 0 Å². The van der Waals surface area contributed by atoms with Gasteiger partial charge in [-0.15, -0.1) is 0 Å². The van der Waals surface area contributed by atoms with Gasteiger partial charge in [-0.3, -0.25) is 4.79 Å². The number of nitrogens with zero attached hydrogens (tertiary/aromatic N) is 1. The Hall–Kier alpha value is -2.56. The molecular formula is C19H21NO4. The molecule has 2 atom stereocenters. The summed E-state index contributed by atoms with van der Waals surface area (Å²) in [5, 5.41) is 11.3. The normalized spacial score (nSPS) is 18.6. The van der Waals surface area contributed by atoms with Gasteiger partial charge in [0.25, 0.3) is 0 Å². The highest BCUT2D eigenvalue weighted by molar-refractivity contribution is 5.90. The molecule has 1 amide bonds. The van der Waals surface area contributed by atoms with Crippen LogP contribution in [0, 0.1) is 0 Å². The molecule has 0 bridgehead atoms. The van der Waals surface area contributed by atoms with Gasteiger partial charge in [0, 0.05) is 6.54 Å². The molecule has 1 saturated heterocycles. The SMILES string of the molecule is COc1ccc2cc(C(C)C(=O)N3CCCC3C(=O)O)ccc2c1. The van der Waals surface area contributed by atoms with Crippen LogP contribution in [0.4, 0.5) is 0 Å². The highest BCUT2D eigenvalue weighted by Gasteiger charge is 2.36. The number of hydrogen-bond donors (Lipinski definition) is 1. The van der Waals surface area contributed by atoms with Crippen molar-refractivity contribution in [3.05, 3.63) is 42.0 Å². The lowest BCUT2D eigenvalue weighted by Gasteiger charge is -2.25. The van der Waals surface area contributed by atoms with E-state index in [0.29, 0.717) is 13.0 Å². The molecule has 126 valence electrons. The van der Waals surface area contributed by atoms with E-state index in [-0.39, 0.29) is 11.8 Å². The highest BCUT2D eigenvalue weighted by atomic mass is 16.5. The summed E-state index contributed by atoms with van der Waals surface area (Å²) in [6.07, 6.45) is 1.28. The van der Waals surface area contributed by atoms with Gasteiger partial charge in [-0.1, -0.05) is 24.3 Å². The molecule has 5 heteroatoms. The zero-order chi connectivity index (χ0) is 17.3. The van der Waals surface area contributed by atoms with Gasteiger partial charge in [0.2, 0.25) is 5.91 Å². The molecule has 1 aliphatic heterocycles. The molecule has 1 aliphatic rings. The summed E-state index contributed by atoms with van der Waals surface area (Å²) in [6, 6.07) is 11.0. The molecule has 5 nitrogen and oxygen atoms in total. The van der Waals surface area contributed by atoms with Crippen LogP contribution >= 0.6 is 0 Å². The number of likely N-dealkylation sites (tertiary alicyclic amines) is 1. The summed E-state index contributed by atoms with van der Waals surface area (Å²) in [5.41, 5.74) is 0.897. The average molecular weight is 327 g/mol. The third kappa shape index (κ3) is 2.94. The molecule has 0 aliphatic carbocycles. The number of benzene rings is 2. The van der Waals surface area contributed by atoms with Crippen molar-refractivity contribution in [1.29, 1.82) is 0 Å². The molecule has 3 rings (SSSR count). The monoisotopic (exact) mass is 327 g/mol. The largest absolute Gasteiger partial charge is 0.497 e. The van der Waals surface area contributed by atoms with E-state index in [1.54, 1.807) is 7.11 Å². The Kier molecular flexibility index (Phi) is 4.42. The van der Waals surface area contributed by atoms with Crippen LogP contribution in [0.25, 0.3) is 10.8 Å². The molecule has 1 N–H and O–H groups in total. The van der Waals surface area contributed by atoms with Crippen LogP contribution in [0.15, 0.2) is 36.4 Å².